The van der Waals surface area contributed by atoms with Crippen LogP contribution in [0.15, 0.2) is 47.4 Å². The van der Waals surface area contributed by atoms with Gasteiger partial charge in [-0.05, 0) is 74.1 Å². The molecule has 0 aromatic heterocycles. The Balaban J connectivity index is 1.60. The Morgan fingerprint density at radius 2 is 1.96 bits per heavy atom. The zero-order valence-electron chi connectivity index (χ0n) is 14.7. The Bertz CT molecular complexity index is 965. The van der Waals surface area contributed by atoms with Crippen LogP contribution in [-0.4, -0.2) is 20.9 Å². The molecule has 2 aliphatic rings. The number of nitrogens with zero attached hydrogens (tertiary/aromatic N) is 1. The average Bonchev–Trinajstić information content (AvgIpc) is 3.45. The van der Waals surface area contributed by atoms with Gasteiger partial charge in [0.2, 0.25) is 5.91 Å². The van der Waals surface area contributed by atoms with E-state index in [0.29, 0.717) is 5.69 Å². The SMILES string of the molecule is Cc1cccc(S(=O)(=O)Nc2ccc3c(c2)CCCN3C(=O)C2CC2)c1. The van der Waals surface area contributed by atoms with Crippen molar-refractivity contribution < 1.29 is 13.2 Å². The monoisotopic (exact) mass is 370 g/mol. The normalized spacial score (nSPS) is 16.9. The van der Waals surface area contributed by atoms with Crippen molar-refractivity contribution in [2.45, 2.75) is 37.5 Å². The molecule has 0 atom stereocenters. The maximum Gasteiger partial charge on any atom is 0.261 e. The second-order valence-electron chi connectivity index (χ2n) is 7.13. The largest absolute Gasteiger partial charge is 0.312 e. The average molecular weight is 370 g/mol. The van der Waals surface area contributed by atoms with Gasteiger partial charge in [0.05, 0.1) is 4.90 Å². The van der Waals surface area contributed by atoms with Crippen LogP contribution < -0.4 is 9.62 Å². The fourth-order valence-electron chi connectivity index (χ4n) is 3.44. The van der Waals surface area contributed by atoms with Crippen LogP contribution in [0.4, 0.5) is 11.4 Å². The molecule has 6 heteroatoms. The Morgan fingerprint density at radius 3 is 2.69 bits per heavy atom. The minimum atomic E-state index is -3.63. The molecule has 5 nitrogen and oxygen atoms in total. The first kappa shape index (κ1) is 17.1. The molecule has 136 valence electrons. The number of rotatable bonds is 4. The molecule has 0 bridgehead atoms. The van der Waals surface area contributed by atoms with Gasteiger partial charge in [-0.2, -0.15) is 0 Å². The van der Waals surface area contributed by atoms with E-state index < -0.39 is 10.0 Å². The molecular formula is C20H22N2O3S. The molecule has 1 aliphatic heterocycles. The van der Waals surface area contributed by atoms with E-state index in [1.54, 1.807) is 24.3 Å². The summed E-state index contributed by atoms with van der Waals surface area (Å²) < 4.78 is 27.9. The highest BCUT2D eigenvalue weighted by molar-refractivity contribution is 7.92. The summed E-state index contributed by atoms with van der Waals surface area (Å²) in [4.78, 5) is 14.6. The number of sulfonamides is 1. The van der Waals surface area contributed by atoms with E-state index in [9.17, 15) is 13.2 Å². The minimum absolute atomic E-state index is 0.181. The van der Waals surface area contributed by atoms with Crippen molar-refractivity contribution in [2.24, 2.45) is 5.92 Å². The Kier molecular flexibility index (Phi) is 4.23. The summed E-state index contributed by atoms with van der Waals surface area (Å²) in [6.45, 7) is 2.61. The number of aryl methyl sites for hydroxylation is 2. The molecule has 0 saturated heterocycles. The fraction of sp³-hybridized carbons (Fsp3) is 0.350. The molecule has 0 unspecified atom stereocenters. The molecule has 2 aromatic carbocycles. The molecule has 1 heterocycles. The number of benzene rings is 2. The highest BCUT2D eigenvalue weighted by atomic mass is 32.2. The van der Waals surface area contributed by atoms with Gasteiger partial charge in [-0.25, -0.2) is 8.42 Å². The van der Waals surface area contributed by atoms with Crippen LogP contribution in [0.25, 0.3) is 0 Å². The number of nitrogens with one attached hydrogen (secondary N) is 1. The van der Waals surface area contributed by atoms with Crippen molar-refractivity contribution in [3.63, 3.8) is 0 Å². The van der Waals surface area contributed by atoms with Crippen molar-refractivity contribution in [2.75, 3.05) is 16.2 Å². The van der Waals surface area contributed by atoms with Gasteiger partial charge in [-0.15, -0.1) is 0 Å². The van der Waals surface area contributed by atoms with E-state index in [2.05, 4.69) is 4.72 Å². The van der Waals surface area contributed by atoms with Crippen LogP contribution in [0.3, 0.4) is 0 Å². The van der Waals surface area contributed by atoms with Gasteiger partial charge in [0.25, 0.3) is 10.0 Å². The lowest BCUT2D eigenvalue weighted by atomic mass is 10.0. The Labute approximate surface area is 154 Å². The number of fused-ring (bicyclic) bond motifs is 1. The van der Waals surface area contributed by atoms with Crippen molar-refractivity contribution in [3.05, 3.63) is 53.6 Å². The third-order valence-electron chi connectivity index (χ3n) is 4.94. The quantitative estimate of drug-likeness (QED) is 0.896. The van der Waals surface area contributed by atoms with Crippen LogP contribution in [0.2, 0.25) is 0 Å². The van der Waals surface area contributed by atoms with Crippen LogP contribution in [0.1, 0.15) is 30.4 Å². The number of carbonyl (C=O) groups is 1. The predicted molar refractivity (Wildman–Crippen MR) is 102 cm³/mol. The van der Waals surface area contributed by atoms with Crippen LogP contribution in [-0.2, 0) is 21.2 Å². The highest BCUT2D eigenvalue weighted by Gasteiger charge is 2.35. The first-order valence-corrected chi connectivity index (χ1v) is 10.5. The predicted octanol–water partition coefficient (Wildman–Crippen LogP) is 3.49. The lowest BCUT2D eigenvalue weighted by Crippen LogP contribution is -2.36. The summed E-state index contributed by atoms with van der Waals surface area (Å²) in [6, 6.07) is 12.3. The van der Waals surface area contributed by atoms with Gasteiger partial charge in [-0.3, -0.25) is 9.52 Å². The number of hydrogen-bond acceptors (Lipinski definition) is 3. The van der Waals surface area contributed by atoms with Crippen molar-refractivity contribution >= 4 is 27.3 Å². The fourth-order valence-corrected chi connectivity index (χ4v) is 4.59. The van der Waals surface area contributed by atoms with Crippen molar-refractivity contribution in [1.82, 2.24) is 0 Å². The van der Waals surface area contributed by atoms with Gasteiger partial charge < -0.3 is 4.90 Å². The summed E-state index contributed by atoms with van der Waals surface area (Å²) in [5, 5.41) is 0. The maximum absolute atomic E-state index is 12.6. The van der Waals surface area contributed by atoms with E-state index in [-0.39, 0.29) is 16.7 Å². The summed E-state index contributed by atoms with van der Waals surface area (Å²) in [7, 11) is -3.63. The van der Waals surface area contributed by atoms with Crippen LogP contribution in [0, 0.1) is 12.8 Å². The summed E-state index contributed by atoms with van der Waals surface area (Å²) >= 11 is 0. The topological polar surface area (TPSA) is 66.5 Å². The van der Waals surface area contributed by atoms with Gasteiger partial charge in [0.15, 0.2) is 0 Å². The second kappa shape index (κ2) is 6.43. The smallest absolute Gasteiger partial charge is 0.261 e. The second-order valence-corrected chi connectivity index (χ2v) is 8.82. The molecule has 26 heavy (non-hydrogen) atoms. The highest BCUT2D eigenvalue weighted by Crippen LogP contribution is 2.36. The van der Waals surface area contributed by atoms with E-state index in [1.807, 2.05) is 30.0 Å². The molecule has 1 aliphatic carbocycles. The van der Waals surface area contributed by atoms with Gasteiger partial charge >= 0.3 is 0 Å². The molecular weight excluding hydrogens is 348 g/mol. The molecule has 0 spiro atoms. The zero-order chi connectivity index (χ0) is 18.3. The first-order valence-electron chi connectivity index (χ1n) is 8.98. The summed E-state index contributed by atoms with van der Waals surface area (Å²) in [5.41, 5.74) is 3.37. The lowest BCUT2D eigenvalue weighted by molar-refractivity contribution is -0.119. The summed E-state index contributed by atoms with van der Waals surface area (Å²) in [6.07, 6.45) is 3.72. The third kappa shape index (κ3) is 3.33. The molecule has 1 saturated carbocycles. The first-order chi connectivity index (χ1) is 12.4. The van der Waals surface area contributed by atoms with Crippen molar-refractivity contribution in [3.8, 4) is 0 Å². The van der Waals surface area contributed by atoms with E-state index in [1.165, 1.54) is 0 Å². The molecule has 1 N–H and O–H groups in total. The third-order valence-corrected chi connectivity index (χ3v) is 6.32. The summed E-state index contributed by atoms with van der Waals surface area (Å²) in [5.74, 6) is 0.388. The van der Waals surface area contributed by atoms with Crippen LogP contribution >= 0.6 is 0 Å². The maximum atomic E-state index is 12.6. The van der Waals surface area contributed by atoms with Gasteiger partial charge in [0, 0.05) is 23.8 Å². The lowest BCUT2D eigenvalue weighted by Gasteiger charge is -2.30. The molecule has 0 radical (unpaired) electrons. The van der Waals surface area contributed by atoms with Gasteiger partial charge in [-0.1, -0.05) is 12.1 Å². The Hall–Kier alpha value is -2.34. The van der Waals surface area contributed by atoms with Crippen molar-refractivity contribution in [1.29, 1.82) is 0 Å². The number of hydrogen-bond donors (Lipinski definition) is 1. The van der Waals surface area contributed by atoms with E-state index in [4.69, 9.17) is 0 Å². The molecule has 4 rings (SSSR count). The Morgan fingerprint density at radius 1 is 1.15 bits per heavy atom. The van der Waals surface area contributed by atoms with E-state index >= 15 is 0 Å². The number of amides is 1. The number of carbonyl (C=O) groups excluding carboxylic acids is 1. The van der Waals surface area contributed by atoms with E-state index in [0.717, 1.165) is 49.0 Å². The zero-order valence-corrected chi connectivity index (χ0v) is 15.6. The minimum Gasteiger partial charge on any atom is -0.312 e. The molecule has 1 amide bonds. The number of anilines is 2. The van der Waals surface area contributed by atoms with Gasteiger partial charge in [0.1, 0.15) is 0 Å². The molecule has 1 fully saturated rings. The molecule has 2 aromatic rings. The standard InChI is InChI=1S/C20H22N2O3S/c1-14-4-2-6-18(12-14)26(24,25)21-17-9-10-19-16(13-17)5-3-11-22(19)20(23)15-7-8-15/h2,4,6,9-10,12-13,15,21H,3,5,7-8,11H2,1H3. The van der Waals surface area contributed by atoms with Crippen LogP contribution in [0.5, 0.6) is 0 Å².